The smallest absolute Gasteiger partial charge is 0.254 e. The lowest BCUT2D eigenvalue weighted by atomic mass is 10.1. The van der Waals surface area contributed by atoms with Gasteiger partial charge in [0.25, 0.3) is 5.91 Å². The van der Waals surface area contributed by atoms with Crippen LogP contribution >= 0.6 is 0 Å². The van der Waals surface area contributed by atoms with Crippen molar-refractivity contribution in [3.05, 3.63) is 77.6 Å². The van der Waals surface area contributed by atoms with E-state index in [1.165, 1.54) is 18.0 Å². The zero-order valence-electron chi connectivity index (χ0n) is 16.5. The first kappa shape index (κ1) is 20.1. The predicted octanol–water partition coefficient (Wildman–Crippen LogP) is 3.08. The molecule has 0 aliphatic heterocycles. The molecule has 0 bridgehead atoms. The number of carbonyl (C=O) groups is 1. The van der Waals surface area contributed by atoms with E-state index < -0.39 is 0 Å². The minimum atomic E-state index is -0.217. The van der Waals surface area contributed by atoms with Crippen LogP contribution < -0.4 is 20.1 Å². The van der Waals surface area contributed by atoms with Crippen LogP contribution in [0, 0.1) is 0 Å². The largest absolute Gasteiger partial charge is 0.497 e. The van der Waals surface area contributed by atoms with Gasteiger partial charge in [-0.3, -0.25) is 4.79 Å². The summed E-state index contributed by atoms with van der Waals surface area (Å²) in [6.07, 6.45) is 3.87. The molecule has 1 aromatic heterocycles. The molecule has 0 aliphatic carbocycles. The highest BCUT2D eigenvalue weighted by atomic mass is 16.5. The number of methoxy groups -OCH3 is 2. The van der Waals surface area contributed by atoms with Crippen molar-refractivity contribution in [2.45, 2.75) is 13.0 Å². The molecule has 3 rings (SSSR count). The van der Waals surface area contributed by atoms with E-state index in [0.717, 1.165) is 23.5 Å². The van der Waals surface area contributed by atoms with Crippen LogP contribution in [0.3, 0.4) is 0 Å². The van der Waals surface area contributed by atoms with Crippen molar-refractivity contribution in [2.75, 3.05) is 26.1 Å². The van der Waals surface area contributed by atoms with Gasteiger partial charge in [0.2, 0.25) is 5.95 Å². The number of hydrogen-bond acceptors (Lipinski definition) is 6. The Morgan fingerprint density at radius 2 is 1.41 bits per heavy atom. The third-order valence-corrected chi connectivity index (χ3v) is 4.38. The van der Waals surface area contributed by atoms with Gasteiger partial charge in [-0.05, 0) is 41.8 Å². The van der Waals surface area contributed by atoms with Gasteiger partial charge in [-0.15, -0.1) is 0 Å². The highest BCUT2D eigenvalue weighted by Gasteiger charge is 2.07. The summed E-state index contributed by atoms with van der Waals surface area (Å²) in [4.78, 5) is 20.7. The van der Waals surface area contributed by atoms with Crippen LogP contribution in [0.5, 0.6) is 11.5 Å². The summed E-state index contributed by atoms with van der Waals surface area (Å²) in [7, 11) is 3.27. The fraction of sp³-hybridized carbons (Fsp3) is 0.227. The lowest BCUT2D eigenvalue weighted by molar-refractivity contribution is 0.0950. The third kappa shape index (κ3) is 5.93. The Morgan fingerprint density at radius 1 is 0.862 bits per heavy atom. The standard InChI is InChI=1S/C22H24N4O3/c1-28-19-7-3-16(4-8-19)11-12-23-22-25-14-18(15-26-22)21(27)24-13-17-5-9-20(29-2)10-6-17/h3-10,14-15H,11-13H2,1-2H3,(H,24,27)(H,23,25,26). The van der Waals surface area contributed by atoms with E-state index in [-0.39, 0.29) is 5.91 Å². The Hall–Kier alpha value is -3.61. The number of amides is 1. The topological polar surface area (TPSA) is 85.4 Å². The maximum Gasteiger partial charge on any atom is 0.254 e. The van der Waals surface area contributed by atoms with Gasteiger partial charge in [0, 0.05) is 25.5 Å². The summed E-state index contributed by atoms with van der Waals surface area (Å²) in [5.41, 5.74) is 2.59. The molecule has 1 heterocycles. The normalized spacial score (nSPS) is 10.3. The van der Waals surface area contributed by atoms with Gasteiger partial charge >= 0.3 is 0 Å². The summed E-state index contributed by atoms with van der Waals surface area (Å²) >= 11 is 0. The fourth-order valence-electron chi connectivity index (χ4n) is 2.68. The molecule has 7 nitrogen and oxygen atoms in total. The maximum absolute atomic E-state index is 12.3. The van der Waals surface area contributed by atoms with E-state index in [9.17, 15) is 4.79 Å². The Morgan fingerprint density at radius 3 is 1.97 bits per heavy atom. The molecule has 29 heavy (non-hydrogen) atoms. The summed E-state index contributed by atoms with van der Waals surface area (Å²) < 4.78 is 10.3. The van der Waals surface area contributed by atoms with Crippen molar-refractivity contribution in [1.82, 2.24) is 15.3 Å². The van der Waals surface area contributed by atoms with Gasteiger partial charge in [0.05, 0.1) is 19.8 Å². The van der Waals surface area contributed by atoms with Crippen molar-refractivity contribution >= 4 is 11.9 Å². The van der Waals surface area contributed by atoms with Crippen LogP contribution in [0.2, 0.25) is 0 Å². The number of hydrogen-bond donors (Lipinski definition) is 2. The molecular formula is C22H24N4O3. The molecule has 0 spiro atoms. The summed E-state index contributed by atoms with van der Waals surface area (Å²) in [5, 5.41) is 6.02. The highest BCUT2D eigenvalue weighted by molar-refractivity contribution is 5.93. The lowest BCUT2D eigenvalue weighted by Gasteiger charge is -2.08. The first-order valence-electron chi connectivity index (χ1n) is 9.28. The predicted molar refractivity (Wildman–Crippen MR) is 111 cm³/mol. The maximum atomic E-state index is 12.3. The van der Waals surface area contributed by atoms with Gasteiger partial charge in [-0.25, -0.2) is 9.97 Å². The number of benzene rings is 2. The second-order valence-electron chi connectivity index (χ2n) is 6.35. The van der Waals surface area contributed by atoms with Crippen molar-refractivity contribution in [3.63, 3.8) is 0 Å². The molecule has 0 aliphatic rings. The number of carbonyl (C=O) groups excluding carboxylic acids is 1. The SMILES string of the molecule is COc1ccc(CCNc2ncc(C(=O)NCc3ccc(OC)cc3)cn2)cc1. The van der Waals surface area contributed by atoms with E-state index in [4.69, 9.17) is 9.47 Å². The van der Waals surface area contributed by atoms with Gasteiger partial charge in [-0.2, -0.15) is 0 Å². The van der Waals surface area contributed by atoms with Crippen LogP contribution in [0.15, 0.2) is 60.9 Å². The Balaban J connectivity index is 1.45. The highest BCUT2D eigenvalue weighted by Crippen LogP contribution is 2.12. The van der Waals surface area contributed by atoms with Gasteiger partial charge in [-0.1, -0.05) is 24.3 Å². The molecular weight excluding hydrogens is 368 g/mol. The number of rotatable bonds is 9. The zero-order chi connectivity index (χ0) is 20.5. The third-order valence-electron chi connectivity index (χ3n) is 4.38. The van der Waals surface area contributed by atoms with Gasteiger partial charge in [0.1, 0.15) is 11.5 Å². The van der Waals surface area contributed by atoms with E-state index in [2.05, 4.69) is 20.6 Å². The number of aromatic nitrogens is 2. The minimum absolute atomic E-state index is 0.217. The van der Waals surface area contributed by atoms with Gasteiger partial charge < -0.3 is 20.1 Å². The number of anilines is 1. The Labute approximate surface area is 170 Å². The molecule has 1 amide bonds. The van der Waals surface area contributed by atoms with Crippen LogP contribution in [0.4, 0.5) is 5.95 Å². The zero-order valence-corrected chi connectivity index (χ0v) is 16.5. The first-order valence-corrected chi connectivity index (χ1v) is 9.28. The monoisotopic (exact) mass is 392 g/mol. The molecule has 2 N–H and O–H groups in total. The number of nitrogens with one attached hydrogen (secondary N) is 2. The van der Waals surface area contributed by atoms with E-state index in [0.29, 0.717) is 24.6 Å². The molecule has 0 saturated carbocycles. The summed E-state index contributed by atoms with van der Waals surface area (Å²) in [5.74, 6) is 1.89. The van der Waals surface area contributed by atoms with Crippen molar-refractivity contribution in [1.29, 1.82) is 0 Å². The van der Waals surface area contributed by atoms with E-state index in [1.54, 1.807) is 14.2 Å². The molecule has 0 fully saturated rings. The van der Waals surface area contributed by atoms with E-state index >= 15 is 0 Å². The van der Waals surface area contributed by atoms with Crippen LogP contribution in [-0.4, -0.2) is 36.6 Å². The molecule has 0 atom stereocenters. The Kier molecular flexibility index (Phi) is 7.00. The molecule has 0 unspecified atom stereocenters. The second-order valence-corrected chi connectivity index (χ2v) is 6.35. The quantitative estimate of drug-likeness (QED) is 0.582. The number of ether oxygens (including phenoxy) is 2. The van der Waals surface area contributed by atoms with Crippen molar-refractivity contribution in [2.24, 2.45) is 0 Å². The minimum Gasteiger partial charge on any atom is -0.497 e. The Bertz CT molecular complexity index is 910. The van der Waals surface area contributed by atoms with Gasteiger partial charge in [0.15, 0.2) is 0 Å². The second kappa shape index (κ2) is 10.1. The van der Waals surface area contributed by atoms with E-state index in [1.807, 2.05) is 48.5 Å². The summed E-state index contributed by atoms with van der Waals surface area (Å²) in [6.45, 7) is 1.11. The summed E-state index contributed by atoms with van der Waals surface area (Å²) in [6, 6.07) is 15.5. The van der Waals surface area contributed by atoms with Crippen LogP contribution in [0.25, 0.3) is 0 Å². The average molecular weight is 392 g/mol. The van der Waals surface area contributed by atoms with Crippen LogP contribution in [0.1, 0.15) is 21.5 Å². The van der Waals surface area contributed by atoms with Crippen molar-refractivity contribution < 1.29 is 14.3 Å². The molecule has 150 valence electrons. The molecule has 0 radical (unpaired) electrons. The molecule has 0 saturated heterocycles. The first-order chi connectivity index (χ1) is 14.2. The van der Waals surface area contributed by atoms with Crippen LogP contribution in [-0.2, 0) is 13.0 Å². The molecule has 7 heteroatoms. The average Bonchev–Trinajstić information content (AvgIpc) is 2.78. The fourth-order valence-corrected chi connectivity index (χ4v) is 2.68. The lowest BCUT2D eigenvalue weighted by Crippen LogP contribution is -2.23. The molecule has 2 aromatic carbocycles. The number of nitrogens with zero attached hydrogens (tertiary/aromatic N) is 2. The molecule has 3 aromatic rings. The van der Waals surface area contributed by atoms with Crippen molar-refractivity contribution in [3.8, 4) is 11.5 Å².